The molecule has 4 rings (SSSR count). The van der Waals surface area contributed by atoms with Crippen molar-refractivity contribution in [2.45, 2.75) is 18.9 Å². The summed E-state index contributed by atoms with van der Waals surface area (Å²) in [5, 5.41) is 13.8. The van der Waals surface area contributed by atoms with Crippen LogP contribution in [0.5, 0.6) is 0 Å². The number of para-hydroxylation sites is 1. The molecule has 0 spiro atoms. The molecule has 3 aromatic rings. The average molecular weight is 362 g/mol. The molecule has 1 aliphatic heterocycles. The van der Waals surface area contributed by atoms with Crippen LogP contribution in [0.4, 0.5) is 0 Å². The molecule has 27 heavy (non-hydrogen) atoms. The molecule has 0 bridgehead atoms. The summed E-state index contributed by atoms with van der Waals surface area (Å²) in [5.41, 5.74) is 1.60. The Morgan fingerprint density at radius 2 is 1.67 bits per heavy atom. The first-order chi connectivity index (χ1) is 13.1. The van der Waals surface area contributed by atoms with Gasteiger partial charge in [-0.25, -0.2) is 14.5 Å². The number of benzene rings is 2. The number of carboxylic acid groups (broad SMARTS) is 1. The Hall–Kier alpha value is -3.48. The fraction of sp³-hybridized carbons (Fsp3) is 0.200. The number of hydrogen-bond donors (Lipinski definition) is 1. The van der Waals surface area contributed by atoms with E-state index in [4.69, 9.17) is 0 Å². The van der Waals surface area contributed by atoms with Crippen molar-refractivity contribution in [3.63, 3.8) is 0 Å². The largest absolute Gasteiger partial charge is 0.480 e. The summed E-state index contributed by atoms with van der Waals surface area (Å²) >= 11 is 0. The number of carbonyl (C=O) groups excluding carboxylic acids is 1. The number of amides is 1. The highest BCUT2D eigenvalue weighted by molar-refractivity contribution is 5.94. The van der Waals surface area contributed by atoms with Crippen LogP contribution in [-0.2, 0) is 4.79 Å². The topological polar surface area (TPSA) is 88.3 Å². The normalized spacial score (nSPS) is 16.4. The molecule has 1 atom stereocenters. The van der Waals surface area contributed by atoms with E-state index in [1.165, 1.54) is 4.90 Å². The quantitative estimate of drug-likeness (QED) is 0.771. The Labute approximate surface area is 155 Å². The van der Waals surface area contributed by atoms with Crippen LogP contribution >= 0.6 is 0 Å². The van der Waals surface area contributed by atoms with Gasteiger partial charge < -0.3 is 10.0 Å². The summed E-state index contributed by atoms with van der Waals surface area (Å²) in [6.45, 7) is 0.399. The van der Waals surface area contributed by atoms with Gasteiger partial charge in [-0.05, 0) is 25.0 Å². The Morgan fingerprint density at radius 1 is 1.00 bits per heavy atom. The van der Waals surface area contributed by atoms with Crippen LogP contribution in [0, 0.1) is 0 Å². The lowest BCUT2D eigenvalue weighted by atomic mass is 10.2. The number of rotatable bonds is 4. The zero-order valence-corrected chi connectivity index (χ0v) is 14.5. The third kappa shape index (κ3) is 3.19. The molecule has 7 heteroatoms. The molecule has 0 radical (unpaired) electrons. The Bertz CT molecular complexity index is 912. The summed E-state index contributed by atoms with van der Waals surface area (Å²) in [6, 6.07) is 18.1. The first kappa shape index (κ1) is 17.0. The number of likely N-dealkylation sites (tertiary alicyclic amines) is 1. The zero-order valence-electron chi connectivity index (χ0n) is 14.5. The van der Waals surface area contributed by atoms with Crippen LogP contribution in [0.1, 0.15) is 23.5 Å². The van der Waals surface area contributed by atoms with Crippen molar-refractivity contribution in [1.82, 2.24) is 19.7 Å². The van der Waals surface area contributed by atoms with Crippen molar-refractivity contribution in [3.8, 4) is 17.1 Å². The van der Waals surface area contributed by atoms with Gasteiger partial charge in [0.15, 0.2) is 5.82 Å². The molecule has 1 saturated heterocycles. The minimum Gasteiger partial charge on any atom is -0.480 e. The van der Waals surface area contributed by atoms with E-state index in [1.807, 2.05) is 60.7 Å². The molecule has 7 nitrogen and oxygen atoms in total. The van der Waals surface area contributed by atoms with Gasteiger partial charge in [-0.15, -0.1) is 5.10 Å². The molecule has 136 valence electrons. The summed E-state index contributed by atoms with van der Waals surface area (Å²) in [7, 11) is 0. The van der Waals surface area contributed by atoms with E-state index >= 15 is 0 Å². The van der Waals surface area contributed by atoms with E-state index in [9.17, 15) is 14.7 Å². The fourth-order valence-corrected chi connectivity index (χ4v) is 3.32. The minimum atomic E-state index is -0.994. The third-order valence-electron chi connectivity index (χ3n) is 4.63. The Balaban J connectivity index is 1.78. The fourth-order valence-electron chi connectivity index (χ4n) is 3.32. The predicted molar refractivity (Wildman–Crippen MR) is 98.5 cm³/mol. The summed E-state index contributed by atoms with van der Waals surface area (Å²) in [6.07, 6.45) is 1.11. The van der Waals surface area contributed by atoms with Crippen molar-refractivity contribution in [3.05, 3.63) is 66.5 Å². The molecular formula is C20H18N4O3. The van der Waals surface area contributed by atoms with E-state index in [0.29, 0.717) is 25.2 Å². The van der Waals surface area contributed by atoms with Gasteiger partial charge in [0.05, 0.1) is 5.69 Å². The van der Waals surface area contributed by atoms with Gasteiger partial charge >= 0.3 is 5.97 Å². The van der Waals surface area contributed by atoms with Crippen LogP contribution in [-0.4, -0.2) is 49.2 Å². The molecule has 2 heterocycles. The van der Waals surface area contributed by atoms with E-state index in [-0.39, 0.29) is 5.82 Å². The number of nitrogens with zero attached hydrogens (tertiary/aromatic N) is 4. The van der Waals surface area contributed by atoms with Crippen molar-refractivity contribution >= 4 is 11.9 Å². The zero-order chi connectivity index (χ0) is 18.8. The number of hydrogen-bond acceptors (Lipinski definition) is 4. The lowest BCUT2D eigenvalue weighted by Crippen LogP contribution is -2.40. The standard InChI is InChI=1S/C20H18N4O3/c25-19(23-13-7-12-16(23)20(26)27)17-21-18(14-8-3-1-4-9-14)24(22-17)15-10-5-2-6-11-15/h1-6,8-11,16H,7,12-13H2,(H,26,27)/t16-/m0/s1. The molecule has 1 N–H and O–H groups in total. The van der Waals surface area contributed by atoms with Crippen LogP contribution in [0.2, 0.25) is 0 Å². The van der Waals surface area contributed by atoms with Crippen LogP contribution < -0.4 is 0 Å². The Kier molecular flexibility index (Phi) is 4.42. The van der Waals surface area contributed by atoms with E-state index in [2.05, 4.69) is 10.1 Å². The average Bonchev–Trinajstić information content (AvgIpc) is 3.36. The van der Waals surface area contributed by atoms with E-state index in [1.54, 1.807) is 4.68 Å². The summed E-state index contributed by atoms with van der Waals surface area (Å²) < 4.78 is 1.62. The van der Waals surface area contributed by atoms with Gasteiger partial charge in [-0.3, -0.25) is 4.79 Å². The number of carbonyl (C=O) groups is 2. The lowest BCUT2D eigenvalue weighted by molar-refractivity contribution is -0.141. The number of aromatic nitrogens is 3. The van der Waals surface area contributed by atoms with Gasteiger partial charge in [0.2, 0.25) is 5.82 Å². The summed E-state index contributed by atoms with van der Waals surface area (Å²) in [5.74, 6) is -0.902. The maximum Gasteiger partial charge on any atom is 0.326 e. The van der Waals surface area contributed by atoms with Crippen LogP contribution in [0.15, 0.2) is 60.7 Å². The minimum absolute atomic E-state index is 0.00542. The van der Waals surface area contributed by atoms with E-state index < -0.39 is 17.9 Å². The second kappa shape index (κ2) is 7.03. The van der Waals surface area contributed by atoms with Crippen molar-refractivity contribution in [2.75, 3.05) is 6.54 Å². The molecule has 1 aromatic heterocycles. The monoisotopic (exact) mass is 362 g/mol. The van der Waals surface area contributed by atoms with E-state index in [0.717, 1.165) is 11.3 Å². The molecule has 0 aliphatic carbocycles. The molecule has 2 aromatic carbocycles. The van der Waals surface area contributed by atoms with Crippen molar-refractivity contribution < 1.29 is 14.7 Å². The highest BCUT2D eigenvalue weighted by Gasteiger charge is 2.36. The third-order valence-corrected chi connectivity index (χ3v) is 4.63. The molecule has 0 unspecified atom stereocenters. The first-order valence-corrected chi connectivity index (χ1v) is 8.77. The van der Waals surface area contributed by atoms with Crippen LogP contribution in [0.25, 0.3) is 17.1 Å². The Morgan fingerprint density at radius 3 is 2.33 bits per heavy atom. The summed E-state index contributed by atoms with van der Waals surface area (Å²) in [4.78, 5) is 30.1. The van der Waals surface area contributed by atoms with Gasteiger partial charge in [-0.2, -0.15) is 0 Å². The molecule has 1 aliphatic rings. The second-order valence-corrected chi connectivity index (χ2v) is 6.37. The van der Waals surface area contributed by atoms with Crippen molar-refractivity contribution in [2.24, 2.45) is 0 Å². The van der Waals surface area contributed by atoms with Gasteiger partial charge in [0.25, 0.3) is 5.91 Å². The SMILES string of the molecule is O=C(O)[C@@H]1CCCN1C(=O)c1nc(-c2ccccc2)n(-c2ccccc2)n1. The smallest absolute Gasteiger partial charge is 0.326 e. The maximum absolute atomic E-state index is 12.9. The molecule has 1 fully saturated rings. The lowest BCUT2D eigenvalue weighted by Gasteiger charge is -2.19. The maximum atomic E-state index is 12.9. The molecule has 0 saturated carbocycles. The van der Waals surface area contributed by atoms with Gasteiger partial charge in [-0.1, -0.05) is 48.5 Å². The van der Waals surface area contributed by atoms with Gasteiger partial charge in [0, 0.05) is 12.1 Å². The van der Waals surface area contributed by atoms with Crippen LogP contribution in [0.3, 0.4) is 0 Å². The second-order valence-electron chi connectivity index (χ2n) is 6.37. The number of aliphatic carboxylic acids is 1. The molecule has 1 amide bonds. The van der Waals surface area contributed by atoms with Gasteiger partial charge in [0.1, 0.15) is 6.04 Å². The number of carboxylic acids is 1. The van der Waals surface area contributed by atoms with Crippen molar-refractivity contribution in [1.29, 1.82) is 0 Å². The highest BCUT2D eigenvalue weighted by atomic mass is 16.4. The molecular weight excluding hydrogens is 344 g/mol. The first-order valence-electron chi connectivity index (χ1n) is 8.77. The highest BCUT2D eigenvalue weighted by Crippen LogP contribution is 2.24. The predicted octanol–water partition coefficient (Wildman–Crippen LogP) is 2.62.